The lowest BCUT2D eigenvalue weighted by atomic mass is 10.2. The van der Waals surface area contributed by atoms with Gasteiger partial charge in [0.2, 0.25) is 0 Å². The predicted molar refractivity (Wildman–Crippen MR) is 104 cm³/mol. The number of pyridine rings is 1. The minimum atomic E-state index is -0.0230. The van der Waals surface area contributed by atoms with E-state index in [1.807, 2.05) is 29.2 Å². The van der Waals surface area contributed by atoms with Crippen molar-refractivity contribution in [2.24, 2.45) is 0 Å². The molecule has 3 aromatic rings. The number of carbonyl (C=O) groups is 1. The molecule has 8 heteroatoms. The van der Waals surface area contributed by atoms with Gasteiger partial charge in [-0.1, -0.05) is 23.7 Å². The number of benzene rings is 1. The zero-order valence-electron chi connectivity index (χ0n) is 14.7. The van der Waals surface area contributed by atoms with Crippen molar-refractivity contribution < 1.29 is 4.79 Å². The van der Waals surface area contributed by atoms with Crippen LogP contribution in [0, 0.1) is 0 Å². The van der Waals surface area contributed by atoms with Crippen LogP contribution in [0.4, 0.5) is 5.82 Å². The Hall–Kier alpha value is -2.77. The average Bonchev–Trinajstić information content (AvgIpc) is 2.68. The Labute approximate surface area is 161 Å². The molecule has 1 saturated heterocycles. The van der Waals surface area contributed by atoms with Gasteiger partial charge in [-0.25, -0.2) is 15.0 Å². The van der Waals surface area contributed by atoms with E-state index in [9.17, 15) is 4.79 Å². The van der Waals surface area contributed by atoms with Gasteiger partial charge in [0.1, 0.15) is 16.8 Å². The Balaban J connectivity index is 1.40. The number of halogens is 1. The summed E-state index contributed by atoms with van der Waals surface area (Å²) in [6.07, 6.45) is 1.55. The van der Waals surface area contributed by atoms with Crippen LogP contribution in [0.5, 0.6) is 0 Å². The van der Waals surface area contributed by atoms with Gasteiger partial charge in [0.15, 0.2) is 0 Å². The van der Waals surface area contributed by atoms with Crippen molar-refractivity contribution >= 4 is 34.2 Å². The molecule has 4 rings (SSSR count). The van der Waals surface area contributed by atoms with Crippen molar-refractivity contribution in [1.29, 1.82) is 0 Å². The molecule has 3 heterocycles. The van der Waals surface area contributed by atoms with Gasteiger partial charge >= 0.3 is 0 Å². The molecule has 0 radical (unpaired) electrons. The third-order valence-electron chi connectivity index (χ3n) is 4.68. The van der Waals surface area contributed by atoms with E-state index in [1.165, 1.54) is 0 Å². The van der Waals surface area contributed by atoms with Crippen molar-refractivity contribution in [2.45, 2.75) is 6.54 Å². The van der Waals surface area contributed by atoms with E-state index in [1.54, 1.807) is 18.3 Å². The van der Waals surface area contributed by atoms with Crippen LogP contribution in [-0.4, -0.2) is 56.8 Å². The Morgan fingerprint density at radius 1 is 1.11 bits per heavy atom. The van der Waals surface area contributed by atoms with Crippen LogP contribution in [0.1, 0.15) is 16.2 Å². The second kappa shape index (κ2) is 7.46. The zero-order chi connectivity index (χ0) is 18.8. The Bertz CT molecular complexity index is 987. The largest absolute Gasteiger partial charge is 0.383 e. The molecule has 1 amide bonds. The molecule has 0 unspecified atom stereocenters. The number of amides is 1. The molecule has 1 aliphatic rings. The van der Waals surface area contributed by atoms with Crippen molar-refractivity contribution in [1.82, 2.24) is 24.8 Å². The van der Waals surface area contributed by atoms with Crippen LogP contribution in [-0.2, 0) is 6.54 Å². The summed E-state index contributed by atoms with van der Waals surface area (Å²) in [5.74, 6) is 1.18. The highest BCUT2D eigenvalue weighted by Gasteiger charge is 2.23. The lowest BCUT2D eigenvalue weighted by Gasteiger charge is -2.34. The molecule has 1 aliphatic heterocycles. The van der Waals surface area contributed by atoms with Gasteiger partial charge < -0.3 is 10.6 Å². The number of nitrogens with zero attached hydrogens (tertiary/aromatic N) is 5. The summed E-state index contributed by atoms with van der Waals surface area (Å²) in [7, 11) is 0. The molecule has 27 heavy (non-hydrogen) atoms. The first kappa shape index (κ1) is 17.6. The topological polar surface area (TPSA) is 88.2 Å². The number of fused-ring (bicyclic) bond motifs is 1. The number of rotatable bonds is 3. The van der Waals surface area contributed by atoms with Crippen molar-refractivity contribution in [3.8, 4) is 0 Å². The number of nitrogens with two attached hydrogens (primary N) is 1. The number of para-hydroxylation sites is 1. The fourth-order valence-corrected chi connectivity index (χ4v) is 3.42. The highest BCUT2D eigenvalue weighted by molar-refractivity contribution is 6.29. The number of hydrogen-bond acceptors (Lipinski definition) is 6. The second-order valence-electron chi connectivity index (χ2n) is 6.48. The van der Waals surface area contributed by atoms with Crippen LogP contribution in [0.15, 0.2) is 42.6 Å². The smallest absolute Gasteiger partial charge is 0.254 e. The third-order valence-corrected chi connectivity index (χ3v) is 4.88. The van der Waals surface area contributed by atoms with Crippen LogP contribution in [0.3, 0.4) is 0 Å². The van der Waals surface area contributed by atoms with E-state index >= 15 is 0 Å². The number of carbonyl (C=O) groups excluding carboxylic acids is 1. The maximum atomic E-state index is 12.6. The first-order valence-electron chi connectivity index (χ1n) is 8.74. The molecule has 0 bridgehead atoms. The Kier molecular flexibility index (Phi) is 4.87. The first-order valence-corrected chi connectivity index (χ1v) is 9.12. The Morgan fingerprint density at radius 3 is 2.67 bits per heavy atom. The van der Waals surface area contributed by atoms with Gasteiger partial charge in [-0.15, -0.1) is 0 Å². The molecule has 2 aromatic heterocycles. The van der Waals surface area contributed by atoms with Gasteiger partial charge in [0, 0.05) is 43.3 Å². The summed E-state index contributed by atoms with van der Waals surface area (Å²) in [4.78, 5) is 29.6. The third kappa shape index (κ3) is 3.84. The van der Waals surface area contributed by atoms with Crippen LogP contribution in [0.2, 0.25) is 5.15 Å². The molecule has 0 aliphatic carbocycles. The van der Waals surface area contributed by atoms with E-state index in [0.29, 0.717) is 42.0 Å². The average molecular weight is 383 g/mol. The number of hydrogen-bond donors (Lipinski definition) is 1. The van der Waals surface area contributed by atoms with E-state index in [0.717, 1.165) is 24.0 Å². The summed E-state index contributed by atoms with van der Waals surface area (Å²) >= 11 is 5.88. The monoisotopic (exact) mass is 382 g/mol. The van der Waals surface area contributed by atoms with Crippen LogP contribution >= 0.6 is 11.6 Å². The van der Waals surface area contributed by atoms with E-state index in [-0.39, 0.29) is 5.91 Å². The van der Waals surface area contributed by atoms with E-state index < -0.39 is 0 Å². The van der Waals surface area contributed by atoms with Crippen molar-refractivity contribution in [3.63, 3.8) is 0 Å². The SMILES string of the molecule is Nc1nc(CN2CCN(C(=O)c3ccnc(Cl)c3)CC2)nc2ccccc12. The quantitative estimate of drug-likeness (QED) is 0.699. The molecule has 0 spiro atoms. The van der Waals surface area contributed by atoms with Gasteiger partial charge in [0.25, 0.3) is 5.91 Å². The predicted octanol–water partition coefficient (Wildman–Crippen LogP) is 2.22. The summed E-state index contributed by atoms with van der Waals surface area (Å²) in [5.41, 5.74) is 7.48. The van der Waals surface area contributed by atoms with Crippen LogP contribution in [0.25, 0.3) is 10.9 Å². The minimum absolute atomic E-state index is 0.0230. The molecule has 7 nitrogen and oxygen atoms in total. The molecular weight excluding hydrogens is 364 g/mol. The molecule has 1 aromatic carbocycles. The maximum Gasteiger partial charge on any atom is 0.254 e. The number of nitrogen functional groups attached to an aromatic ring is 1. The molecule has 1 fully saturated rings. The summed E-state index contributed by atoms with van der Waals surface area (Å²) in [6.45, 7) is 3.39. The molecule has 0 atom stereocenters. The fourth-order valence-electron chi connectivity index (χ4n) is 3.25. The highest BCUT2D eigenvalue weighted by atomic mass is 35.5. The molecule has 138 valence electrons. The molecule has 2 N–H and O–H groups in total. The minimum Gasteiger partial charge on any atom is -0.383 e. The number of anilines is 1. The first-order chi connectivity index (χ1) is 13.1. The normalized spacial score (nSPS) is 15.2. The number of aromatic nitrogens is 3. The highest BCUT2D eigenvalue weighted by Crippen LogP contribution is 2.18. The lowest BCUT2D eigenvalue weighted by Crippen LogP contribution is -2.48. The van der Waals surface area contributed by atoms with Crippen LogP contribution < -0.4 is 5.73 Å². The second-order valence-corrected chi connectivity index (χ2v) is 6.87. The van der Waals surface area contributed by atoms with Crippen molar-refractivity contribution in [3.05, 3.63) is 59.1 Å². The van der Waals surface area contributed by atoms with Crippen molar-refractivity contribution in [2.75, 3.05) is 31.9 Å². The standard InChI is InChI=1S/C19H19ClN6O/c20-16-11-13(5-6-22-16)19(27)26-9-7-25(8-10-26)12-17-23-15-4-2-1-3-14(15)18(21)24-17/h1-6,11H,7-10,12H2,(H2,21,23,24). The zero-order valence-corrected chi connectivity index (χ0v) is 15.4. The summed E-state index contributed by atoms with van der Waals surface area (Å²) < 4.78 is 0. The van der Waals surface area contributed by atoms with Gasteiger partial charge in [-0.2, -0.15) is 0 Å². The Morgan fingerprint density at radius 2 is 1.89 bits per heavy atom. The van der Waals surface area contributed by atoms with Gasteiger partial charge in [-0.05, 0) is 24.3 Å². The lowest BCUT2D eigenvalue weighted by molar-refractivity contribution is 0.0625. The van der Waals surface area contributed by atoms with Gasteiger partial charge in [0.05, 0.1) is 12.1 Å². The van der Waals surface area contributed by atoms with Gasteiger partial charge in [-0.3, -0.25) is 9.69 Å². The summed E-state index contributed by atoms with van der Waals surface area (Å²) in [6, 6.07) is 11.0. The number of piperazine rings is 1. The maximum absolute atomic E-state index is 12.6. The summed E-state index contributed by atoms with van der Waals surface area (Å²) in [5, 5.41) is 1.19. The van der Waals surface area contributed by atoms with E-state index in [2.05, 4.69) is 19.9 Å². The fraction of sp³-hybridized carbons (Fsp3) is 0.263. The molecule has 0 saturated carbocycles. The van der Waals surface area contributed by atoms with E-state index in [4.69, 9.17) is 17.3 Å². The molecular formula is C19H19ClN6O.